The van der Waals surface area contributed by atoms with Gasteiger partial charge >= 0.3 is 0 Å². The second kappa shape index (κ2) is 6.40. The molecule has 2 heteroatoms. The molecule has 1 nitrogen and oxygen atoms in total. The van der Waals surface area contributed by atoms with E-state index < -0.39 is 0 Å². The second-order valence-corrected chi connectivity index (χ2v) is 5.97. The number of ether oxygens (including phenoxy) is 1. The van der Waals surface area contributed by atoms with Crippen LogP contribution in [0, 0.1) is 5.92 Å². The summed E-state index contributed by atoms with van der Waals surface area (Å²) >= 11 is 0. The van der Waals surface area contributed by atoms with Crippen LogP contribution in [-0.2, 0) is 6.42 Å². The monoisotopic (exact) mass is 250 g/mol. The Kier molecular flexibility index (Phi) is 4.86. The maximum Gasteiger partial charge on any atom is 0.118 e. The number of hydrogen-bond donors (Lipinski definition) is 0. The average molecular weight is 250 g/mol. The van der Waals surface area contributed by atoms with E-state index in [1.165, 1.54) is 44.1 Å². The van der Waals surface area contributed by atoms with Crippen LogP contribution < -0.4 is 4.74 Å². The lowest BCUT2D eigenvalue weighted by atomic mass is 9.85. The maximum absolute atomic E-state index is 5.19. The smallest absolute Gasteiger partial charge is 0.118 e. The molecular weight excluding hydrogens is 227 g/mol. The van der Waals surface area contributed by atoms with Gasteiger partial charge in [-0.25, -0.2) is 0 Å². The molecule has 0 amide bonds. The van der Waals surface area contributed by atoms with E-state index in [1.54, 1.807) is 7.11 Å². The van der Waals surface area contributed by atoms with Crippen molar-refractivity contribution in [1.29, 1.82) is 0 Å². The predicted octanol–water partition coefficient (Wildman–Crippen LogP) is 4.06. The summed E-state index contributed by atoms with van der Waals surface area (Å²) in [5, 5.41) is 0. The van der Waals surface area contributed by atoms with Crippen LogP contribution in [0.3, 0.4) is 0 Å². The van der Waals surface area contributed by atoms with Crippen LogP contribution in [0.25, 0.3) is 0 Å². The predicted molar refractivity (Wildman–Crippen MR) is 76.8 cm³/mol. The number of benzene rings is 1. The van der Waals surface area contributed by atoms with Gasteiger partial charge in [-0.2, -0.15) is 0 Å². The zero-order valence-electron chi connectivity index (χ0n) is 10.7. The van der Waals surface area contributed by atoms with E-state index in [2.05, 4.69) is 33.5 Å². The van der Waals surface area contributed by atoms with Gasteiger partial charge in [0.05, 0.1) is 7.11 Å². The molecule has 1 fully saturated rings. The Morgan fingerprint density at radius 3 is 2.41 bits per heavy atom. The van der Waals surface area contributed by atoms with Crippen LogP contribution in [0.2, 0.25) is 0 Å². The molecule has 0 N–H and O–H groups in total. The molecule has 2 rings (SSSR count). The molecule has 0 spiro atoms. The van der Waals surface area contributed by atoms with E-state index in [0.29, 0.717) is 0 Å². The van der Waals surface area contributed by atoms with Gasteiger partial charge in [-0.3, -0.25) is 0 Å². The van der Waals surface area contributed by atoms with Crippen molar-refractivity contribution in [2.45, 2.75) is 44.2 Å². The van der Waals surface area contributed by atoms with Gasteiger partial charge in [-0.05, 0) is 48.5 Å². The van der Waals surface area contributed by atoms with Crippen molar-refractivity contribution in [1.82, 2.24) is 0 Å². The van der Waals surface area contributed by atoms with Gasteiger partial charge in [0, 0.05) is 0 Å². The molecule has 0 radical (unpaired) electrons. The highest BCUT2D eigenvalue weighted by Crippen LogP contribution is 2.32. The molecule has 1 aromatic carbocycles. The molecule has 1 aliphatic rings. The van der Waals surface area contributed by atoms with E-state index in [9.17, 15) is 0 Å². The third kappa shape index (κ3) is 3.71. The van der Waals surface area contributed by atoms with E-state index in [0.717, 1.165) is 17.3 Å². The van der Waals surface area contributed by atoms with Crippen LogP contribution in [0.15, 0.2) is 24.3 Å². The SMILES string of the molecule is COc1ccc(CC(P)C2CCCCC2)cc1. The lowest BCUT2D eigenvalue weighted by Crippen LogP contribution is -2.19. The van der Waals surface area contributed by atoms with Crippen LogP contribution >= 0.6 is 9.24 Å². The first-order chi connectivity index (χ1) is 8.29. The zero-order valence-corrected chi connectivity index (χ0v) is 11.8. The molecule has 2 atom stereocenters. The van der Waals surface area contributed by atoms with Crippen molar-refractivity contribution in [2.75, 3.05) is 7.11 Å². The molecule has 94 valence electrons. The van der Waals surface area contributed by atoms with Crippen LogP contribution in [0.1, 0.15) is 37.7 Å². The Hall–Kier alpha value is -0.550. The van der Waals surface area contributed by atoms with Gasteiger partial charge in [0.15, 0.2) is 0 Å². The third-order valence-electron chi connectivity index (χ3n) is 3.89. The lowest BCUT2D eigenvalue weighted by molar-refractivity contribution is 0.347. The van der Waals surface area contributed by atoms with Gasteiger partial charge in [0.2, 0.25) is 0 Å². The van der Waals surface area contributed by atoms with Gasteiger partial charge in [0.25, 0.3) is 0 Å². The Morgan fingerprint density at radius 2 is 1.82 bits per heavy atom. The van der Waals surface area contributed by atoms with Crippen molar-refractivity contribution in [3.05, 3.63) is 29.8 Å². The Balaban J connectivity index is 1.89. The minimum Gasteiger partial charge on any atom is -0.497 e. The maximum atomic E-state index is 5.19. The van der Waals surface area contributed by atoms with E-state index in [1.807, 2.05) is 0 Å². The molecule has 17 heavy (non-hydrogen) atoms. The first kappa shape index (κ1) is 12.9. The quantitative estimate of drug-likeness (QED) is 0.732. The summed E-state index contributed by atoms with van der Waals surface area (Å²) in [5.74, 6) is 1.86. The van der Waals surface area contributed by atoms with Crippen LogP contribution in [-0.4, -0.2) is 12.8 Å². The molecule has 0 heterocycles. The first-order valence-electron chi connectivity index (χ1n) is 6.68. The van der Waals surface area contributed by atoms with Crippen molar-refractivity contribution < 1.29 is 4.74 Å². The molecule has 1 aromatic rings. The fourth-order valence-corrected chi connectivity index (χ4v) is 3.42. The Morgan fingerprint density at radius 1 is 1.18 bits per heavy atom. The number of hydrogen-bond acceptors (Lipinski definition) is 1. The molecule has 0 aromatic heterocycles. The largest absolute Gasteiger partial charge is 0.497 e. The van der Waals surface area contributed by atoms with Gasteiger partial charge < -0.3 is 4.74 Å². The van der Waals surface area contributed by atoms with Gasteiger partial charge in [-0.1, -0.05) is 31.4 Å². The highest BCUT2D eigenvalue weighted by molar-refractivity contribution is 7.17. The van der Waals surface area contributed by atoms with Crippen molar-refractivity contribution in [3.63, 3.8) is 0 Å². The van der Waals surface area contributed by atoms with E-state index >= 15 is 0 Å². The number of methoxy groups -OCH3 is 1. The van der Waals surface area contributed by atoms with Crippen LogP contribution in [0.4, 0.5) is 0 Å². The Labute approximate surface area is 107 Å². The first-order valence-corrected chi connectivity index (χ1v) is 7.35. The molecule has 1 aliphatic carbocycles. The lowest BCUT2D eigenvalue weighted by Gasteiger charge is -2.27. The number of rotatable bonds is 4. The molecule has 0 bridgehead atoms. The molecule has 0 aliphatic heterocycles. The average Bonchev–Trinajstić information content (AvgIpc) is 2.40. The van der Waals surface area contributed by atoms with Crippen LogP contribution in [0.5, 0.6) is 5.75 Å². The Bertz CT molecular complexity index is 327. The second-order valence-electron chi connectivity index (χ2n) is 5.11. The van der Waals surface area contributed by atoms with Crippen molar-refractivity contribution in [3.8, 4) is 5.75 Å². The standard InChI is InChI=1S/C15H23OP/c1-16-14-9-7-12(8-10-14)11-15(17)13-5-3-2-4-6-13/h7-10,13,15H,2-6,11,17H2,1H3. The summed E-state index contributed by atoms with van der Waals surface area (Å²) in [6.45, 7) is 0. The normalized spacial score (nSPS) is 18.9. The fourth-order valence-electron chi connectivity index (χ4n) is 2.76. The molecule has 0 saturated heterocycles. The van der Waals surface area contributed by atoms with Crippen molar-refractivity contribution >= 4 is 9.24 Å². The van der Waals surface area contributed by atoms with Gasteiger partial charge in [-0.15, -0.1) is 9.24 Å². The highest BCUT2D eigenvalue weighted by atomic mass is 31.0. The molecule has 1 saturated carbocycles. The summed E-state index contributed by atoms with van der Waals surface area (Å²) in [5.41, 5.74) is 2.17. The zero-order chi connectivity index (χ0) is 12.1. The van der Waals surface area contributed by atoms with Crippen molar-refractivity contribution in [2.24, 2.45) is 5.92 Å². The minimum absolute atomic E-state index is 0.740. The third-order valence-corrected chi connectivity index (χ3v) is 4.67. The highest BCUT2D eigenvalue weighted by Gasteiger charge is 2.20. The topological polar surface area (TPSA) is 9.23 Å². The molecule has 2 unspecified atom stereocenters. The summed E-state index contributed by atoms with van der Waals surface area (Å²) in [6.07, 6.45) is 8.32. The molecular formula is C15H23OP. The van der Waals surface area contributed by atoms with E-state index in [-0.39, 0.29) is 0 Å². The fraction of sp³-hybridized carbons (Fsp3) is 0.600. The summed E-state index contributed by atoms with van der Waals surface area (Å²) < 4.78 is 5.19. The summed E-state index contributed by atoms with van der Waals surface area (Å²) in [7, 11) is 4.79. The summed E-state index contributed by atoms with van der Waals surface area (Å²) in [4.78, 5) is 0. The summed E-state index contributed by atoms with van der Waals surface area (Å²) in [6, 6.07) is 8.51. The van der Waals surface area contributed by atoms with E-state index in [4.69, 9.17) is 4.74 Å². The minimum atomic E-state index is 0.740. The van der Waals surface area contributed by atoms with Gasteiger partial charge in [0.1, 0.15) is 5.75 Å².